The van der Waals surface area contributed by atoms with Gasteiger partial charge in [-0.2, -0.15) is 0 Å². The van der Waals surface area contributed by atoms with Gasteiger partial charge in [0.25, 0.3) is 0 Å². The molecule has 0 spiro atoms. The van der Waals surface area contributed by atoms with Crippen molar-refractivity contribution in [1.82, 2.24) is 14.8 Å². The summed E-state index contributed by atoms with van der Waals surface area (Å²) in [6.45, 7) is 4.75. The zero-order valence-corrected chi connectivity index (χ0v) is 13.9. The summed E-state index contributed by atoms with van der Waals surface area (Å²) in [4.78, 5) is 12.2. The largest absolute Gasteiger partial charge is 0.325 e. The minimum atomic E-state index is -0.0466. The van der Waals surface area contributed by atoms with E-state index in [1.807, 2.05) is 60.9 Å². The summed E-state index contributed by atoms with van der Waals surface area (Å²) in [7, 11) is 0. The van der Waals surface area contributed by atoms with Crippen LogP contribution in [-0.2, 0) is 11.3 Å². The first-order valence-corrected chi connectivity index (χ1v) is 8.48. The number of hydrogen-bond donors (Lipinski definition) is 1. The third-order valence-electron chi connectivity index (χ3n) is 3.61. The fourth-order valence-corrected chi connectivity index (χ4v) is 3.33. The number of anilines is 1. The topological polar surface area (TPSA) is 59.8 Å². The molecule has 23 heavy (non-hydrogen) atoms. The predicted molar refractivity (Wildman–Crippen MR) is 93.7 cm³/mol. The molecular weight excluding hydrogens is 308 g/mol. The van der Waals surface area contributed by atoms with E-state index in [1.54, 1.807) is 0 Å². The van der Waals surface area contributed by atoms with Gasteiger partial charge in [0.15, 0.2) is 5.16 Å². The van der Waals surface area contributed by atoms with Gasteiger partial charge >= 0.3 is 0 Å². The number of benzene rings is 2. The van der Waals surface area contributed by atoms with Crippen LogP contribution in [0.2, 0.25) is 0 Å². The Labute approximate surface area is 139 Å². The summed E-state index contributed by atoms with van der Waals surface area (Å²) in [5.41, 5.74) is 0.835. The molecule has 0 unspecified atom stereocenters. The van der Waals surface area contributed by atoms with Gasteiger partial charge in [0, 0.05) is 17.6 Å². The molecule has 0 aliphatic heterocycles. The maximum atomic E-state index is 12.2. The Morgan fingerprint density at radius 3 is 2.78 bits per heavy atom. The molecular formula is C17H18N4OS. The molecule has 0 saturated heterocycles. The summed E-state index contributed by atoms with van der Waals surface area (Å²) >= 11 is 1.40. The Bertz CT molecular complexity index is 838. The average molecular weight is 326 g/mol. The lowest BCUT2D eigenvalue weighted by Gasteiger charge is -2.09. The van der Waals surface area contributed by atoms with Gasteiger partial charge in [-0.05, 0) is 25.3 Å². The normalized spacial score (nSPS) is 10.9. The maximum absolute atomic E-state index is 12.2. The lowest BCUT2D eigenvalue weighted by molar-refractivity contribution is -0.113. The van der Waals surface area contributed by atoms with Crippen molar-refractivity contribution in [1.29, 1.82) is 0 Å². The quantitative estimate of drug-likeness (QED) is 0.729. The van der Waals surface area contributed by atoms with Gasteiger partial charge in [0.05, 0.1) is 5.75 Å². The van der Waals surface area contributed by atoms with Crippen LogP contribution in [0.1, 0.15) is 12.7 Å². The number of aromatic nitrogens is 3. The summed E-state index contributed by atoms with van der Waals surface area (Å²) < 4.78 is 2.00. The molecule has 6 heteroatoms. The highest BCUT2D eigenvalue weighted by Gasteiger charge is 2.11. The number of hydrogen-bond acceptors (Lipinski definition) is 4. The second-order valence-electron chi connectivity index (χ2n) is 5.14. The number of thioether (sulfide) groups is 1. The molecule has 5 nitrogen and oxygen atoms in total. The second-order valence-corrected chi connectivity index (χ2v) is 6.08. The predicted octanol–water partition coefficient (Wildman–Crippen LogP) is 3.49. The lowest BCUT2D eigenvalue weighted by Crippen LogP contribution is -2.15. The Balaban J connectivity index is 1.69. The molecule has 118 valence electrons. The van der Waals surface area contributed by atoms with E-state index >= 15 is 0 Å². The molecule has 0 bridgehead atoms. The molecule has 1 N–H and O–H groups in total. The van der Waals surface area contributed by atoms with Gasteiger partial charge in [-0.3, -0.25) is 4.79 Å². The zero-order valence-electron chi connectivity index (χ0n) is 13.1. The summed E-state index contributed by atoms with van der Waals surface area (Å²) in [5, 5.41) is 14.1. The number of carbonyl (C=O) groups excluding carboxylic acids is 1. The molecule has 0 atom stereocenters. The van der Waals surface area contributed by atoms with E-state index in [4.69, 9.17) is 0 Å². The van der Waals surface area contributed by atoms with E-state index < -0.39 is 0 Å². The zero-order chi connectivity index (χ0) is 16.2. The molecule has 0 aliphatic carbocycles. The molecule has 0 radical (unpaired) electrons. The standard InChI is InChI=1S/C17H18N4OS/c1-3-21-12(2)19-20-17(21)23-11-16(22)18-15-10-6-8-13-7-4-5-9-14(13)15/h4-10H,3,11H2,1-2H3,(H,18,22). The van der Waals surface area contributed by atoms with E-state index in [-0.39, 0.29) is 5.91 Å². The molecule has 1 amide bonds. The summed E-state index contributed by atoms with van der Waals surface area (Å²) in [6, 6.07) is 13.9. The molecule has 1 aromatic heterocycles. The first kappa shape index (κ1) is 15.6. The molecule has 0 saturated carbocycles. The molecule has 2 aromatic carbocycles. The first-order chi connectivity index (χ1) is 11.2. The van der Waals surface area contributed by atoms with E-state index in [0.29, 0.717) is 5.75 Å². The molecule has 3 aromatic rings. The van der Waals surface area contributed by atoms with E-state index in [2.05, 4.69) is 15.5 Å². The van der Waals surface area contributed by atoms with Crippen LogP contribution < -0.4 is 5.32 Å². The van der Waals surface area contributed by atoms with Gasteiger partial charge in [-0.15, -0.1) is 10.2 Å². The van der Waals surface area contributed by atoms with Gasteiger partial charge in [-0.1, -0.05) is 48.2 Å². The molecule has 0 aliphatic rings. The van der Waals surface area contributed by atoms with Crippen LogP contribution >= 0.6 is 11.8 Å². The summed E-state index contributed by atoms with van der Waals surface area (Å²) in [6.07, 6.45) is 0. The molecule has 3 rings (SSSR count). The number of nitrogens with zero attached hydrogens (tertiary/aromatic N) is 3. The van der Waals surface area contributed by atoms with E-state index in [1.165, 1.54) is 11.8 Å². The van der Waals surface area contributed by atoms with Crippen molar-refractivity contribution in [2.45, 2.75) is 25.5 Å². The van der Waals surface area contributed by atoms with Gasteiger partial charge < -0.3 is 9.88 Å². The maximum Gasteiger partial charge on any atom is 0.234 e. The van der Waals surface area contributed by atoms with Crippen molar-refractivity contribution in [2.75, 3.05) is 11.1 Å². The van der Waals surface area contributed by atoms with E-state index in [0.717, 1.165) is 34.0 Å². The fraction of sp³-hybridized carbons (Fsp3) is 0.235. The van der Waals surface area contributed by atoms with Crippen molar-refractivity contribution in [3.63, 3.8) is 0 Å². The van der Waals surface area contributed by atoms with Crippen molar-refractivity contribution >= 4 is 34.1 Å². The summed E-state index contributed by atoms with van der Waals surface area (Å²) in [5.74, 6) is 1.13. The Morgan fingerprint density at radius 1 is 1.17 bits per heavy atom. The third-order valence-corrected chi connectivity index (χ3v) is 4.58. The monoisotopic (exact) mass is 326 g/mol. The van der Waals surface area contributed by atoms with Crippen molar-refractivity contribution in [2.24, 2.45) is 0 Å². The van der Waals surface area contributed by atoms with Crippen LogP contribution in [0.3, 0.4) is 0 Å². The number of fused-ring (bicyclic) bond motifs is 1. The van der Waals surface area contributed by atoms with Crippen LogP contribution in [0.15, 0.2) is 47.6 Å². The van der Waals surface area contributed by atoms with Gasteiger partial charge in [0.2, 0.25) is 5.91 Å². The SMILES string of the molecule is CCn1c(C)nnc1SCC(=O)Nc1cccc2ccccc12. The van der Waals surface area contributed by atoms with Gasteiger partial charge in [0.1, 0.15) is 5.82 Å². The third kappa shape index (κ3) is 3.37. The number of amides is 1. The Morgan fingerprint density at radius 2 is 1.96 bits per heavy atom. The van der Waals surface area contributed by atoms with E-state index in [9.17, 15) is 4.79 Å². The molecule has 1 heterocycles. The second kappa shape index (κ2) is 6.83. The van der Waals surface area contributed by atoms with Crippen LogP contribution in [0.5, 0.6) is 0 Å². The van der Waals surface area contributed by atoms with Gasteiger partial charge in [-0.25, -0.2) is 0 Å². The van der Waals surface area contributed by atoms with Crippen LogP contribution in [0, 0.1) is 6.92 Å². The lowest BCUT2D eigenvalue weighted by atomic mass is 10.1. The number of carbonyl (C=O) groups is 1. The van der Waals surface area contributed by atoms with Crippen molar-refractivity contribution in [3.05, 3.63) is 48.3 Å². The molecule has 0 fully saturated rings. The highest BCUT2D eigenvalue weighted by Crippen LogP contribution is 2.23. The van der Waals surface area contributed by atoms with Crippen LogP contribution in [-0.4, -0.2) is 26.4 Å². The number of rotatable bonds is 5. The van der Waals surface area contributed by atoms with Crippen LogP contribution in [0.4, 0.5) is 5.69 Å². The van der Waals surface area contributed by atoms with Crippen LogP contribution in [0.25, 0.3) is 10.8 Å². The smallest absolute Gasteiger partial charge is 0.234 e. The minimum absolute atomic E-state index is 0.0466. The van der Waals surface area contributed by atoms with Crippen molar-refractivity contribution in [3.8, 4) is 0 Å². The number of nitrogens with one attached hydrogen (secondary N) is 1. The highest BCUT2D eigenvalue weighted by molar-refractivity contribution is 7.99. The number of aryl methyl sites for hydroxylation is 1. The Hall–Kier alpha value is -2.34. The van der Waals surface area contributed by atoms with Crippen molar-refractivity contribution < 1.29 is 4.79 Å². The minimum Gasteiger partial charge on any atom is -0.325 e. The fourth-order valence-electron chi connectivity index (χ4n) is 2.48. The Kier molecular flexibility index (Phi) is 4.62. The highest BCUT2D eigenvalue weighted by atomic mass is 32.2. The average Bonchev–Trinajstić information content (AvgIpc) is 2.93. The first-order valence-electron chi connectivity index (χ1n) is 7.49.